The van der Waals surface area contributed by atoms with Crippen LogP contribution in [-0.2, 0) is 0 Å². The predicted octanol–water partition coefficient (Wildman–Crippen LogP) is 3.82. The van der Waals surface area contributed by atoms with Gasteiger partial charge in [-0.25, -0.2) is 4.98 Å². The van der Waals surface area contributed by atoms with E-state index in [1.54, 1.807) is 6.33 Å². The van der Waals surface area contributed by atoms with Gasteiger partial charge in [0.15, 0.2) is 0 Å². The van der Waals surface area contributed by atoms with Gasteiger partial charge in [0.25, 0.3) is 0 Å². The standard InChI is InChI=1S/C14H20N2/c1-6-14(11(2)3)8-7-13(5)16-9-12(4)15-10-16/h6-11H,5H2,1-4H3/b8-7-,14-6+. The van der Waals surface area contributed by atoms with E-state index in [-0.39, 0.29) is 0 Å². The summed E-state index contributed by atoms with van der Waals surface area (Å²) in [7, 11) is 0. The van der Waals surface area contributed by atoms with E-state index in [2.05, 4.69) is 44.5 Å². The lowest BCUT2D eigenvalue weighted by Gasteiger charge is -2.06. The lowest BCUT2D eigenvalue weighted by Crippen LogP contribution is -1.92. The SMILES string of the molecule is C=C(/C=C\C(=C/C)C(C)C)n1cnc(C)c1. The van der Waals surface area contributed by atoms with Crippen LogP contribution in [0.1, 0.15) is 26.5 Å². The van der Waals surface area contributed by atoms with Gasteiger partial charge in [-0.3, -0.25) is 0 Å². The van der Waals surface area contributed by atoms with E-state index in [4.69, 9.17) is 0 Å². The smallest absolute Gasteiger partial charge is 0.0994 e. The summed E-state index contributed by atoms with van der Waals surface area (Å²) in [4.78, 5) is 4.17. The van der Waals surface area contributed by atoms with E-state index >= 15 is 0 Å². The molecule has 0 spiro atoms. The van der Waals surface area contributed by atoms with E-state index < -0.39 is 0 Å². The van der Waals surface area contributed by atoms with Crippen molar-refractivity contribution >= 4 is 5.70 Å². The molecule has 0 aliphatic heterocycles. The molecule has 0 atom stereocenters. The number of allylic oxidation sites excluding steroid dienone is 5. The zero-order valence-electron chi connectivity index (χ0n) is 10.6. The Labute approximate surface area is 98.0 Å². The summed E-state index contributed by atoms with van der Waals surface area (Å²) >= 11 is 0. The Balaban J connectivity index is 2.75. The van der Waals surface area contributed by atoms with Gasteiger partial charge in [0, 0.05) is 11.9 Å². The van der Waals surface area contributed by atoms with Gasteiger partial charge in [-0.05, 0) is 31.4 Å². The number of nitrogens with zero attached hydrogens (tertiary/aromatic N) is 2. The Hall–Kier alpha value is -1.57. The maximum absolute atomic E-state index is 4.17. The van der Waals surface area contributed by atoms with Crippen molar-refractivity contribution in [2.75, 3.05) is 0 Å². The van der Waals surface area contributed by atoms with Gasteiger partial charge < -0.3 is 4.57 Å². The number of imidazole rings is 1. The molecule has 0 aromatic carbocycles. The van der Waals surface area contributed by atoms with Crippen molar-refractivity contribution in [1.29, 1.82) is 0 Å². The van der Waals surface area contributed by atoms with E-state index in [1.807, 2.05) is 23.8 Å². The number of hydrogen-bond donors (Lipinski definition) is 0. The Morgan fingerprint density at radius 1 is 1.44 bits per heavy atom. The van der Waals surface area contributed by atoms with E-state index in [9.17, 15) is 0 Å². The Bertz CT molecular complexity index is 420. The van der Waals surface area contributed by atoms with Crippen molar-refractivity contribution in [2.24, 2.45) is 5.92 Å². The highest BCUT2D eigenvalue weighted by molar-refractivity contribution is 5.55. The van der Waals surface area contributed by atoms with Crippen LogP contribution in [0.2, 0.25) is 0 Å². The van der Waals surface area contributed by atoms with Crippen molar-refractivity contribution in [3.05, 3.63) is 48.6 Å². The third-order valence-electron chi connectivity index (χ3n) is 2.51. The molecule has 0 saturated heterocycles. The Morgan fingerprint density at radius 3 is 2.56 bits per heavy atom. The first-order valence-electron chi connectivity index (χ1n) is 5.58. The van der Waals surface area contributed by atoms with Gasteiger partial charge in [-0.1, -0.05) is 32.6 Å². The predicted molar refractivity (Wildman–Crippen MR) is 70.0 cm³/mol. The lowest BCUT2D eigenvalue weighted by atomic mass is 10.0. The molecule has 2 heteroatoms. The zero-order valence-corrected chi connectivity index (χ0v) is 10.6. The minimum atomic E-state index is 0.540. The van der Waals surface area contributed by atoms with Crippen LogP contribution in [0.3, 0.4) is 0 Å². The van der Waals surface area contributed by atoms with Crippen LogP contribution in [0.25, 0.3) is 5.70 Å². The van der Waals surface area contributed by atoms with Gasteiger partial charge in [-0.2, -0.15) is 0 Å². The summed E-state index contributed by atoms with van der Waals surface area (Å²) in [6.45, 7) is 12.4. The van der Waals surface area contributed by atoms with Gasteiger partial charge in [0.2, 0.25) is 0 Å². The lowest BCUT2D eigenvalue weighted by molar-refractivity contribution is 0.789. The maximum atomic E-state index is 4.17. The van der Waals surface area contributed by atoms with Gasteiger partial charge >= 0.3 is 0 Å². The molecule has 0 fully saturated rings. The number of aryl methyl sites for hydroxylation is 1. The topological polar surface area (TPSA) is 17.8 Å². The second kappa shape index (κ2) is 5.50. The molecule has 0 aliphatic carbocycles. The molecule has 1 heterocycles. The summed E-state index contributed by atoms with van der Waals surface area (Å²) in [6.07, 6.45) is 10.0. The summed E-state index contributed by atoms with van der Waals surface area (Å²) < 4.78 is 1.93. The fourth-order valence-electron chi connectivity index (χ4n) is 1.48. The van der Waals surface area contributed by atoms with Crippen molar-refractivity contribution in [1.82, 2.24) is 9.55 Å². The normalized spacial score (nSPS) is 12.7. The Kier molecular flexibility index (Phi) is 4.29. The summed E-state index contributed by atoms with van der Waals surface area (Å²) in [5.74, 6) is 0.540. The van der Waals surface area contributed by atoms with E-state index in [1.165, 1.54) is 5.57 Å². The van der Waals surface area contributed by atoms with Crippen LogP contribution in [0.5, 0.6) is 0 Å². The second-order valence-electron chi connectivity index (χ2n) is 4.19. The summed E-state index contributed by atoms with van der Waals surface area (Å²) in [5, 5.41) is 0. The van der Waals surface area contributed by atoms with Crippen LogP contribution in [0.15, 0.2) is 42.9 Å². The first-order chi connectivity index (χ1) is 7.54. The van der Waals surface area contributed by atoms with Crippen molar-refractivity contribution in [3.8, 4) is 0 Å². The van der Waals surface area contributed by atoms with E-state index in [0.717, 1.165) is 11.4 Å². The molecule has 0 bridgehead atoms. The molecule has 86 valence electrons. The molecule has 1 aromatic rings. The second-order valence-corrected chi connectivity index (χ2v) is 4.19. The van der Waals surface area contributed by atoms with Gasteiger partial charge in [0.1, 0.15) is 0 Å². The highest BCUT2D eigenvalue weighted by Gasteiger charge is 1.98. The van der Waals surface area contributed by atoms with Gasteiger partial charge in [0.05, 0.1) is 12.0 Å². The van der Waals surface area contributed by atoms with Crippen LogP contribution in [0, 0.1) is 12.8 Å². The molecular weight excluding hydrogens is 196 g/mol. The van der Waals surface area contributed by atoms with Crippen LogP contribution in [-0.4, -0.2) is 9.55 Å². The zero-order chi connectivity index (χ0) is 12.1. The summed E-state index contributed by atoms with van der Waals surface area (Å²) in [5.41, 5.74) is 3.25. The molecule has 2 nitrogen and oxygen atoms in total. The third kappa shape index (κ3) is 3.23. The Morgan fingerprint density at radius 2 is 2.12 bits per heavy atom. The molecule has 1 aromatic heterocycles. The number of rotatable bonds is 4. The molecular formula is C14H20N2. The number of aromatic nitrogens is 2. The first kappa shape index (κ1) is 12.5. The van der Waals surface area contributed by atoms with Crippen LogP contribution < -0.4 is 0 Å². The van der Waals surface area contributed by atoms with Crippen LogP contribution in [0.4, 0.5) is 0 Å². The molecule has 0 aliphatic rings. The molecule has 0 unspecified atom stereocenters. The van der Waals surface area contributed by atoms with E-state index in [0.29, 0.717) is 5.92 Å². The largest absolute Gasteiger partial charge is 0.307 e. The number of hydrogen-bond acceptors (Lipinski definition) is 1. The average molecular weight is 216 g/mol. The molecule has 0 amide bonds. The molecule has 0 N–H and O–H groups in total. The monoisotopic (exact) mass is 216 g/mol. The fourth-order valence-corrected chi connectivity index (χ4v) is 1.48. The molecule has 1 rings (SSSR count). The minimum Gasteiger partial charge on any atom is -0.307 e. The molecule has 0 saturated carbocycles. The van der Waals surface area contributed by atoms with Crippen LogP contribution >= 0.6 is 0 Å². The maximum Gasteiger partial charge on any atom is 0.0994 e. The average Bonchev–Trinajstić information content (AvgIpc) is 2.65. The molecule has 16 heavy (non-hydrogen) atoms. The third-order valence-corrected chi connectivity index (χ3v) is 2.51. The highest BCUT2D eigenvalue weighted by Crippen LogP contribution is 2.13. The van der Waals surface area contributed by atoms with Crippen molar-refractivity contribution in [3.63, 3.8) is 0 Å². The van der Waals surface area contributed by atoms with Crippen molar-refractivity contribution in [2.45, 2.75) is 27.7 Å². The van der Waals surface area contributed by atoms with Crippen molar-refractivity contribution < 1.29 is 0 Å². The summed E-state index contributed by atoms with van der Waals surface area (Å²) in [6, 6.07) is 0. The molecule has 0 radical (unpaired) electrons. The minimum absolute atomic E-state index is 0.540. The first-order valence-corrected chi connectivity index (χ1v) is 5.58. The fraction of sp³-hybridized carbons (Fsp3) is 0.357. The van der Waals surface area contributed by atoms with Gasteiger partial charge in [-0.15, -0.1) is 0 Å². The highest BCUT2D eigenvalue weighted by atomic mass is 15.0. The quantitative estimate of drug-likeness (QED) is 0.700.